The molecule has 2 aromatic rings. The third-order valence-corrected chi connectivity index (χ3v) is 5.45. The van der Waals surface area contributed by atoms with Gasteiger partial charge < -0.3 is 0 Å². The molecule has 0 bridgehead atoms. The summed E-state index contributed by atoms with van der Waals surface area (Å²) in [6.45, 7) is 5.08. The van der Waals surface area contributed by atoms with Crippen LogP contribution < -0.4 is 0 Å². The molecule has 7 heteroatoms. The lowest BCUT2D eigenvalue weighted by molar-refractivity contribution is 0.00402. The van der Waals surface area contributed by atoms with Gasteiger partial charge in [0.2, 0.25) is 5.92 Å². The van der Waals surface area contributed by atoms with Crippen molar-refractivity contribution < 1.29 is 17.6 Å². The summed E-state index contributed by atoms with van der Waals surface area (Å²) in [6, 6.07) is 3.94. The minimum absolute atomic E-state index is 0.0369. The average molecular weight is 405 g/mol. The number of halogens is 4. The normalized spacial score (nSPS) is 21.8. The number of hydrogen-bond donors (Lipinski definition) is 0. The molecule has 1 fully saturated rings. The minimum Gasteiger partial charge on any atom is -0.272 e. The molecule has 1 aromatic carbocycles. The fraction of sp³-hybridized carbons (Fsp3) is 0.364. The van der Waals surface area contributed by atoms with E-state index < -0.39 is 29.4 Å². The van der Waals surface area contributed by atoms with Crippen LogP contribution in [0.15, 0.2) is 48.2 Å². The van der Waals surface area contributed by atoms with Gasteiger partial charge in [0, 0.05) is 55.7 Å². The summed E-state index contributed by atoms with van der Waals surface area (Å²) in [5.74, 6) is -5.00. The summed E-state index contributed by atoms with van der Waals surface area (Å²) in [7, 11) is 1.70. The maximum absolute atomic E-state index is 14.7. The van der Waals surface area contributed by atoms with Gasteiger partial charge in [-0.15, -0.1) is 0 Å². The van der Waals surface area contributed by atoms with Crippen molar-refractivity contribution in [1.29, 1.82) is 0 Å². The number of aryl methyl sites for hydroxylation is 1. The zero-order valence-electron chi connectivity index (χ0n) is 16.4. The Morgan fingerprint density at radius 3 is 2.72 bits per heavy atom. The van der Waals surface area contributed by atoms with Gasteiger partial charge in [0.05, 0.1) is 0 Å². The first-order valence-electron chi connectivity index (χ1n) is 9.37. The largest absolute Gasteiger partial charge is 0.272 e. The Morgan fingerprint density at radius 1 is 1.31 bits per heavy atom. The maximum atomic E-state index is 14.7. The maximum Gasteiger partial charge on any atom is 0.249 e. The number of nitrogens with zero attached hydrogens (tertiary/aromatic N) is 3. The van der Waals surface area contributed by atoms with Crippen molar-refractivity contribution in [3.8, 4) is 0 Å². The van der Waals surface area contributed by atoms with Crippen molar-refractivity contribution in [2.45, 2.75) is 38.0 Å². The van der Waals surface area contributed by atoms with Crippen molar-refractivity contribution in [2.24, 2.45) is 18.0 Å². The van der Waals surface area contributed by atoms with Crippen molar-refractivity contribution in [1.82, 2.24) is 9.78 Å². The van der Waals surface area contributed by atoms with E-state index in [4.69, 9.17) is 0 Å². The highest BCUT2D eigenvalue weighted by Gasteiger charge is 2.47. The van der Waals surface area contributed by atoms with Gasteiger partial charge in [0.15, 0.2) is 0 Å². The lowest BCUT2D eigenvalue weighted by Crippen LogP contribution is -2.14. The number of benzene rings is 1. The molecule has 0 spiro atoms. The third kappa shape index (κ3) is 4.66. The van der Waals surface area contributed by atoms with Crippen LogP contribution in [0.5, 0.6) is 0 Å². The quantitative estimate of drug-likeness (QED) is 0.449. The van der Waals surface area contributed by atoms with Crippen LogP contribution in [0.2, 0.25) is 0 Å². The SMILES string of the molecule is C=CN=C/C=C(\C)c1cc(F)c(CC2CC(F)(F)CC2c2ccnn2C)cc1F. The van der Waals surface area contributed by atoms with Crippen LogP contribution in [0.4, 0.5) is 17.6 Å². The number of aromatic nitrogens is 2. The fourth-order valence-corrected chi connectivity index (χ4v) is 4.04. The van der Waals surface area contributed by atoms with Crippen LogP contribution in [0.3, 0.4) is 0 Å². The summed E-state index contributed by atoms with van der Waals surface area (Å²) in [5, 5.41) is 4.06. The highest BCUT2D eigenvalue weighted by atomic mass is 19.3. The number of aliphatic imine (C=N–C) groups is 1. The Bertz CT molecular complexity index is 959. The number of alkyl halides is 2. The summed E-state index contributed by atoms with van der Waals surface area (Å²) in [6.07, 6.45) is 5.24. The van der Waals surface area contributed by atoms with Crippen LogP contribution in [0, 0.1) is 17.6 Å². The molecule has 0 saturated heterocycles. The van der Waals surface area contributed by atoms with Gasteiger partial charge in [0.25, 0.3) is 0 Å². The molecule has 1 heterocycles. The molecule has 29 heavy (non-hydrogen) atoms. The fourth-order valence-electron chi connectivity index (χ4n) is 4.04. The lowest BCUT2D eigenvalue weighted by atomic mass is 9.86. The van der Waals surface area contributed by atoms with Gasteiger partial charge in [0.1, 0.15) is 11.6 Å². The van der Waals surface area contributed by atoms with Crippen LogP contribution in [0.1, 0.15) is 42.5 Å². The van der Waals surface area contributed by atoms with Gasteiger partial charge in [-0.05, 0) is 54.7 Å². The van der Waals surface area contributed by atoms with Gasteiger partial charge in [-0.25, -0.2) is 17.6 Å². The van der Waals surface area contributed by atoms with E-state index in [-0.39, 0.29) is 30.4 Å². The molecule has 2 unspecified atom stereocenters. The summed E-state index contributed by atoms with van der Waals surface area (Å²) < 4.78 is 59.2. The summed E-state index contributed by atoms with van der Waals surface area (Å²) in [4.78, 5) is 3.80. The van der Waals surface area contributed by atoms with E-state index in [1.807, 2.05) is 0 Å². The molecule has 0 N–H and O–H groups in total. The van der Waals surface area contributed by atoms with Gasteiger partial charge in [-0.3, -0.25) is 9.67 Å². The van der Waals surface area contributed by atoms with E-state index in [2.05, 4.69) is 16.7 Å². The molecule has 154 valence electrons. The van der Waals surface area contributed by atoms with Crippen molar-refractivity contribution in [3.05, 3.63) is 71.7 Å². The molecular formula is C22H23F4N3. The van der Waals surface area contributed by atoms with E-state index in [0.29, 0.717) is 11.3 Å². The first-order valence-corrected chi connectivity index (χ1v) is 9.37. The Labute approximate surface area is 167 Å². The van der Waals surface area contributed by atoms with E-state index in [0.717, 1.165) is 12.1 Å². The Hall–Kier alpha value is -2.70. The summed E-state index contributed by atoms with van der Waals surface area (Å²) >= 11 is 0. The predicted octanol–water partition coefficient (Wildman–Crippen LogP) is 5.69. The number of rotatable bonds is 6. The summed E-state index contributed by atoms with van der Waals surface area (Å²) in [5.41, 5.74) is 1.40. The van der Waals surface area contributed by atoms with Crippen LogP contribution in [-0.4, -0.2) is 21.9 Å². The number of allylic oxidation sites excluding steroid dienone is 2. The molecule has 1 aromatic heterocycles. The van der Waals surface area contributed by atoms with Crippen LogP contribution >= 0.6 is 0 Å². The first kappa shape index (κ1) is 21.0. The van der Waals surface area contributed by atoms with Crippen molar-refractivity contribution in [3.63, 3.8) is 0 Å². The van der Waals surface area contributed by atoms with Gasteiger partial charge in [-0.1, -0.05) is 6.58 Å². The topological polar surface area (TPSA) is 30.2 Å². The van der Waals surface area contributed by atoms with Crippen molar-refractivity contribution in [2.75, 3.05) is 0 Å². The van der Waals surface area contributed by atoms with Gasteiger partial charge in [-0.2, -0.15) is 5.10 Å². The van der Waals surface area contributed by atoms with Crippen LogP contribution in [0.25, 0.3) is 5.57 Å². The molecule has 0 aliphatic heterocycles. The predicted molar refractivity (Wildman–Crippen MR) is 106 cm³/mol. The molecule has 3 rings (SSSR count). The Balaban J connectivity index is 1.88. The van der Waals surface area contributed by atoms with Crippen LogP contribution in [-0.2, 0) is 13.5 Å². The third-order valence-electron chi connectivity index (χ3n) is 5.45. The van der Waals surface area contributed by atoms with E-state index in [9.17, 15) is 17.6 Å². The Morgan fingerprint density at radius 2 is 2.07 bits per heavy atom. The minimum atomic E-state index is -2.83. The highest BCUT2D eigenvalue weighted by Crippen LogP contribution is 2.49. The van der Waals surface area contributed by atoms with E-state index in [1.54, 1.807) is 37.0 Å². The molecule has 2 atom stereocenters. The molecule has 0 amide bonds. The average Bonchev–Trinajstić information content (AvgIpc) is 3.19. The second-order valence-electron chi connectivity index (χ2n) is 7.47. The molecule has 0 radical (unpaired) electrons. The smallest absolute Gasteiger partial charge is 0.249 e. The lowest BCUT2D eigenvalue weighted by Gasteiger charge is -2.20. The second-order valence-corrected chi connectivity index (χ2v) is 7.47. The van der Waals surface area contributed by atoms with Gasteiger partial charge >= 0.3 is 0 Å². The number of hydrogen-bond acceptors (Lipinski definition) is 2. The van der Waals surface area contributed by atoms with E-state index >= 15 is 0 Å². The molecule has 1 aliphatic carbocycles. The highest BCUT2D eigenvalue weighted by molar-refractivity contribution is 5.84. The molecule has 3 nitrogen and oxygen atoms in total. The first-order chi connectivity index (χ1) is 13.7. The zero-order chi connectivity index (χ0) is 21.2. The Kier molecular flexibility index (Phi) is 6.05. The standard InChI is InChI=1S/C22H23F4N3/c1-4-27-7-5-14(2)17-11-19(23)15(10-20(17)24)9-16-12-22(25,26)13-18(16)21-6-8-28-29(21)3/h4-8,10-11,16,18H,1,9,12-13H2,2-3H3/b14-5+,27-7?. The molecule has 1 saturated carbocycles. The molecular weight excluding hydrogens is 382 g/mol. The monoisotopic (exact) mass is 405 g/mol. The molecule has 1 aliphatic rings. The van der Waals surface area contributed by atoms with Crippen molar-refractivity contribution >= 4 is 11.8 Å². The van der Waals surface area contributed by atoms with E-state index in [1.165, 1.54) is 12.4 Å². The second kappa shape index (κ2) is 8.35. The zero-order valence-corrected chi connectivity index (χ0v) is 16.4.